The van der Waals surface area contributed by atoms with Gasteiger partial charge in [0.15, 0.2) is 0 Å². The lowest BCUT2D eigenvalue weighted by molar-refractivity contribution is 0.0950. The first-order valence-corrected chi connectivity index (χ1v) is 7.77. The van der Waals surface area contributed by atoms with Crippen LogP contribution in [0.25, 0.3) is 5.69 Å². The number of rotatable bonds is 5. The van der Waals surface area contributed by atoms with Crippen LogP contribution < -0.4 is 5.32 Å². The summed E-state index contributed by atoms with van der Waals surface area (Å²) in [5.41, 5.74) is 2.84. The number of para-hydroxylation sites is 1. The molecule has 0 aliphatic heterocycles. The minimum absolute atomic E-state index is 0.0700. The Morgan fingerprint density at radius 3 is 2.75 bits per heavy atom. The lowest BCUT2D eigenvalue weighted by Gasteiger charge is -2.06. The molecule has 0 aliphatic carbocycles. The van der Waals surface area contributed by atoms with Crippen molar-refractivity contribution in [2.75, 3.05) is 6.54 Å². The van der Waals surface area contributed by atoms with Crippen LogP contribution in [0.15, 0.2) is 60.9 Å². The summed E-state index contributed by atoms with van der Waals surface area (Å²) >= 11 is 0. The Morgan fingerprint density at radius 1 is 1.21 bits per heavy atom. The Bertz CT molecular complexity index is 843. The molecule has 122 valence electrons. The van der Waals surface area contributed by atoms with Crippen molar-refractivity contribution < 1.29 is 9.18 Å². The van der Waals surface area contributed by atoms with Crippen LogP contribution >= 0.6 is 0 Å². The first kappa shape index (κ1) is 15.9. The Morgan fingerprint density at radius 2 is 2.00 bits per heavy atom. The molecule has 0 radical (unpaired) electrons. The van der Waals surface area contributed by atoms with Gasteiger partial charge < -0.3 is 5.32 Å². The van der Waals surface area contributed by atoms with Crippen molar-refractivity contribution in [1.82, 2.24) is 15.1 Å². The van der Waals surface area contributed by atoms with Crippen LogP contribution in [0.4, 0.5) is 4.39 Å². The van der Waals surface area contributed by atoms with Crippen LogP contribution in [-0.4, -0.2) is 22.2 Å². The Balaban J connectivity index is 1.57. The van der Waals surface area contributed by atoms with E-state index in [1.165, 1.54) is 12.1 Å². The molecule has 24 heavy (non-hydrogen) atoms. The number of aryl methyl sites for hydroxylation is 1. The standard InChI is InChI=1S/C19H18FN3O/c1-14-7-8-17(18(20)11-14)19(24)21-10-9-15-12-22-23(13-15)16-5-3-2-4-6-16/h2-8,11-13H,9-10H2,1H3,(H,21,24). The molecule has 0 fully saturated rings. The van der Waals surface area contributed by atoms with E-state index >= 15 is 0 Å². The van der Waals surface area contributed by atoms with Crippen molar-refractivity contribution in [3.8, 4) is 5.69 Å². The van der Waals surface area contributed by atoms with E-state index < -0.39 is 11.7 Å². The molecule has 1 N–H and O–H groups in total. The van der Waals surface area contributed by atoms with Crippen molar-refractivity contribution in [2.24, 2.45) is 0 Å². The summed E-state index contributed by atoms with van der Waals surface area (Å²) in [6, 6.07) is 14.4. The van der Waals surface area contributed by atoms with Crippen molar-refractivity contribution in [1.29, 1.82) is 0 Å². The quantitative estimate of drug-likeness (QED) is 0.783. The fraction of sp³-hybridized carbons (Fsp3) is 0.158. The number of amides is 1. The minimum Gasteiger partial charge on any atom is -0.352 e. The van der Waals surface area contributed by atoms with E-state index in [9.17, 15) is 9.18 Å². The number of hydrogen-bond donors (Lipinski definition) is 1. The fourth-order valence-electron chi connectivity index (χ4n) is 2.43. The van der Waals surface area contributed by atoms with Gasteiger partial charge in [0.2, 0.25) is 0 Å². The normalized spacial score (nSPS) is 10.6. The highest BCUT2D eigenvalue weighted by Gasteiger charge is 2.11. The van der Waals surface area contributed by atoms with E-state index in [4.69, 9.17) is 0 Å². The lowest BCUT2D eigenvalue weighted by atomic mass is 10.1. The number of halogens is 1. The lowest BCUT2D eigenvalue weighted by Crippen LogP contribution is -2.26. The first-order valence-electron chi connectivity index (χ1n) is 7.77. The summed E-state index contributed by atoms with van der Waals surface area (Å²) in [6.45, 7) is 2.21. The summed E-state index contributed by atoms with van der Waals surface area (Å²) in [4.78, 5) is 12.0. The molecule has 4 nitrogen and oxygen atoms in total. The number of aromatic nitrogens is 2. The molecule has 1 aromatic heterocycles. The van der Waals surface area contributed by atoms with Crippen molar-refractivity contribution in [3.63, 3.8) is 0 Å². The molecule has 0 unspecified atom stereocenters. The van der Waals surface area contributed by atoms with Gasteiger partial charge in [-0.3, -0.25) is 4.79 Å². The zero-order valence-corrected chi connectivity index (χ0v) is 13.4. The molecule has 0 atom stereocenters. The smallest absolute Gasteiger partial charge is 0.254 e. The number of nitrogens with one attached hydrogen (secondary N) is 1. The average molecular weight is 323 g/mol. The van der Waals surface area contributed by atoms with Crippen molar-refractivity contribution in [3.05, 3.63) is 83.4 Å². The third kappa shape index (κ3) is 3.68. The molecule has 0 spiro atoms. The summed E-state index contributed by atoms with van der Waals surface area (Å²) in [7, 11) is 0. The Labute approximate surface area is 139 Å². The number of carbonyl (C=O) groups excluding carboxylic acids is 1. The molecule has 3 aromatic rings. The third-order valence-electron chi connectivity index (χ3n) is 3.73. The average Bonchev–Trinajstić information content (AvgIpc) is 3.04. The van der Waals surface area contributed by atoms with Crippen LogP contribution in [0.3, 0.4) is 0 Å². The van der Waals surface area contributed by atoms with Gasteiger partial charge in [-0.25, -0.2) is 9.07 Å². The van der Waals surface area contributed by atoms with Crippen LogP contribution in [0.2, 0.25) is 0 Å². The number of benzene rings is 2. The van der Waals surface area contributed by atoms with Crippen molar-refractivity contribution >= 4 is 5.91 Å². The maximum atomic E-state index is 13.8. The van der Waals surface area contributed by atoms with E-state index in [2.05, 4.69) is 10.4 Å². The van der Waals surface area contributed by atoms with E-state index in [0.717, 1.165) is 16.8 Å². The molecule has 0 aliphatic rings. The highest BCUT2D eigenvalue weighted by Crippen LogP contribution is 2.10. The van der Waals surface area contributed by atoms with Gasteiger partial charge in [-0.15, -0.1) is 0 Å². The van der Waals surface area contributed by atoms with Crippen LogP contribution in [0, 0.1) is 12.7 Å². The molecule has 0 saturated heterocycles. The Kier molecular flexibility index (Phi) is 4.70. The summed E-state index contributed by atoms with van der Waals surface area (Å²) in [5, 5.41) is 7.05. The first-order chi connectivity index (χ1) is 11.6. The van der Waals surface area contributed by atoms with Crippen molar-refractivity contribution in [2.45, 2.75) is 13.3 Å². The highest BCUT2D eigenvalue weighted by molar-refractivity contribution is 5.94. The zero-order chi connectivity index (χ0) is 16.9. The van der Waals surface area contributed by atoms with Gasteiger partial charge in [0.25, 0.3) is 5.91 Å². The van der Waals surface area contributed by atoms with Gasteiger partial charge in [0.05, 0.1) is 17.4 Å². The van der Waals surface area contributed by atoms with Gasteiger partial charge in [0, 0.05) is 12.7 Å². The number of nitrogens with zero attached hydrogens (tertiary/aromatic N) is 2. The van der Waals surface area contributed by atoms with Gasteiger partial charge in [0.1, 0.15) is 5.82 Å². The van der Waals surface area contributed by atoms with Gasteiger partial charge in [-0.05, 0) is 48.7 Å². The number of hydrogen-bond acceptors (Lipinski definition) is 2. The van der Waals surface area contributed by atoms with E-state index in [1.54, 1.807) is 23.9 Å². The molecule has 0 saturated carbocycles. The largest absolute Gasteiger partial charge is 0.352 e. The molecule has 0 bridgehead atoms. The maximum absolute atomic E-state index is 13.8. The van der Waals surface area contributed by atoms with E-state index in [1.807, 2.05) is 36.5 Å². The second-order valence-electron chi connectivity index (χ2n) is 5.62. The number of carbonyl (C=O) groups is 1. The van der Waals surface area contributed by atoms with Crippen LogP contribution in [0.1, 0.15) is 21.5 Å². The summed E-state index contributed by atoms with van der Waals surface area (Å²) in [5.74, 6) is -0.896. The molecule has 5 heteroatoms. The topological polar surface area (TPSA) is 46.9 Å². The molecular formula is C19H18FN3O. The zero-order valence-electron chi connectivity index (χ0n) is 13.4. The van der Waals surface area contributed by atoms with Gasteiger partial charge in [-0.2, -0.15) is 5.10 Å². The SMILES string of the molecule is Cc1ccc(C(=O)NCCc2cnn(-c3ccccc3)c2)c(F)c1. The maximum Gasteiger partial charge on any atom is 0.254 e. The van der Waals surface area contributed by atoms with E-state index in [-0.39, 0.29) is 5.56 Å². The fourth-order valence-corrected chi connectivity index (χ4v) is 2.43. The molecule has 3 rings (SSSR count). The molecule has 1 amide bonds. The monoisotopic (exact) mass is 323 g/mol. The van der Waals surface area contributed by atoms with Crippen LogP contribution in [-0.2, 0) is 6.42 Å². The third-order valence-corrected chi connectivity index (χ3v) is 3.73. The van der Waals surface area contributed by atoms with Gasteiger partial charge >= 0.3 is 0 Å². The second-order valence-corrected chi connectivity index (χ2v) is 5.62. The molecule has 1 heterocycles. The highest BCUT2D eigenvalue weighted by atomic mass is 19.1. The Hall–Kier alpha value is -2.95. The van der Waals surface area contributed by atoms with Gasteiger partial charge in [-0.1, -0.05) is 24.3 Å². The van der Waals surface area contributed by atoms with E-state index in [0.29, 0.717) is 13.0 Å². The minimum atomic E-state index is -0.496. The molecule has 2 aromatic carbocycles. The predicted molar refractivity (Wildman–Crippen MR) is 90.7 cm³/mol. The predicted octanol–water partition coefficient (Wildman–Crippen LogP) is 3.29. The second kappa shape index (κ2) is 7.08. The van der Waals surface area contributed by atoms with Crippen LogP contribution in [0.5, 0.6) is 0 Å². The summed E-state index contributed by atoms with van der Waals surface area (Å²) < 4.78 is 15.6. The summed E-state index contributed by atoms with van der Waals surface area (Å²) in [6.07, 6.45) is 4.33. The molecular weight excluding hydrogens is 305 g/mol.